The summed E-state index contributed by atoms with van der Waals surface area (Å²) in [7, 11) is 0. The third-order valence-corrected chi connectivity index (χ3v) is 5.69. The molecule has 2 amide bonds. The molecule has 2 heterocycles. The topological polar surface area (TPSA) is 81.7 Å². The molecule has 27 heavy (non-hydrogen) atoms. The van der Waals surface area contributed by atoms with Crippen LogP contribution in [0.4, 0.5) is 11.4 Å². The van der Waals surface area contributed by atoms with Crippen LogP contribution in [0.2, 0.25) is 5.02 Å². The van der Waals surface area contributed by atoms with Crippen LogP contribution in [0.25, 0.3) is 0 Å². The molecule has 1 saturated heterocycles. The molecule has 4 rings (SSSR count). The molecule has 7 heteroatoms. The number of anilines is 2. The molecule has 0 aliphatic carbocycles. The number of nitrogens with one attached hydrogen (secondary N) is 2. The van der Waals surface area contributed by atoms with Crippen LogP contribution in [0.3, 0.4) is 0 Å². The van der Waals surface area contributed by atoms with Crippen LogP contribution in [-0.2, 0) is 9.59 Å². The van der Waals surface area contributed by atoms with Crippen LogP contribution in [0.15, 0.2) is 48.5 Å². The Morgan fingerprint density at radius 3 is 2.41 bits per heavy atom. The van der Waals surface area contributed by atoms with Gasteiger partial charge in [0.1, 0.15) is 5.54 Å². The fourth-order valence-corrected chi connectivity index (χ4v) is 3.96. The van der Waals surface area contributed by atoms with Crippen LogP contribution in [0, 0.1) is 0 Å². The molecular weight excluding hydrogens is 366 g/mol. The van der Waals surface area contributed by atoms with Gasteiger partial charge >= 0.3 is 0 Å². The summed E-state index contributed by atoms with van der Waals surface area (Å²) in [5.74, 6) is -0.477. The van der Waals surface area contributed by atoms with Crippen LogP contribution < -0.4 is 10.6 Å². The van der Waals surface area contributed by atoms with Crippen molar-refractivity contribution in [3.05, 3.63) is 59.1 Å². The van der Waals surface area contributed by atoms with E-state index in [0.717, 1.165) is 11.4 Å². The summed E-state index contributed by atoms with van der Waals surface area (Å²) in [6.45, 7) is 0.756. The first kappa shape index (κ1) is 17.8. The smallest absolute Gasteiger partial charge is 0.256 e. The number of amides is 2. The maximum absolute atomic E-state index is 12.7. The van der Waals surface area contributed by atoms with Crippen molar-refractivity contribution in [2.24, 2.45) is 0 Å². The Morgan fingerprint density at radius 2 is 1.70 bits per heavy atom. The molecule has 0 radical (unpaired) electrons. The zero-order valence-electron chi connectivity index (χ0n) is 14.6. The molecule has 1 spiro atoms. The Morgan fingerprint density at radius 1 is 1.07 bits per heavy atom. The minimum atomic E-state index is -1.30. The summed E-state index contributed by atoms with van der Waals surface area (Å²) in [4.78, 5) is 27.0. The Bertz CT molecular complexity index is 894. The zero-order valence-corrected chi connectivity index (χ0v) is 15.4. The first-order valence-corrected chi connectivity index (χ1v) is 9.28. The predicted molar refractivity (Wildman–Crippen MR) is 104 cm³/mol. The number of fused-ring (bicyclic) bond motifs is 1. The molecule has 3 N–H and O–H groups in total. The molecule has 2 aromatic carbocycles. The van der Waals surface area contributed by atoms with Crippen molar-refractivity contribution in [2.45, 2.75) is 24.5 Å². The van der Waals surface area contributed by atoms with Gasteiger partial charge in [-0.2, -0.15) is 0 Å². The van der Waals surface area contributed by atoms with E-state index < -0.39 is 17.6 Å². The van der Waals surface area contributed by atoms with Gasteiger partial charge in [0.2, 0.25) is 5.91 Å². The third kappa shape index (κ3) is 3.15. The summed E-state index contributed by atoms with van der Waals surface area (Å²) in [6, 6.07) is 14.3. The maximum atomic E-state index is 12.7. The van der Waals surface area contributed by atoms with Gasteiger partial charge in [-0.1, -0.05) is 41.9 Å². The number of aliphatic hydroxyl groups excluding tert-OH is 1. The van der Waals surface area contributed by atoms with Crippen LogP contribution >= 0.6 is 11.6 Å². The first-order valence-electron chi connectivity index (χ1n) is 8.90. The summed E-state index contributed by atoms with van der Waals surface area (Å²) in [5, 5.41) is 17.1. The summed E-state index contributed by atoms with van der Waals surface area (Å²) < 4.78 is 0. The van der Waals surface area contributed by atoms with Gasteiger partial charge in [0.25, 0.3) is 5.91 Å². The van der Waals surface area contributed by atoms with Crippen LogP contribution in [-0.4, -0.2) is 40.4 Å². The van der Waals surface area contributed by atoms with Crippen LogP contribution in [0.5, 0.6) is 0 Å². The largest absolute Gasteiger partial charge is 0.378 e. The second kappa shape index (κ2) is 6.87. The Labute approximate surface area is 162 Å². The number of carbonyl (C=O) groups is 2. The van der Waals surface area contributed by atoms with Gasteiger partial charge < -0.3 is 20.6 Å². The molecule has 2 aliphatic heterocycles. The van der Waals surface area contributed by atoms with Crippen molar-refractivity contribution >= 4 is 34.8 Å². The molecule has 6 nitrogen and oxygen atoms in total. The second-order valence-electron chi connectivity index (χ2n) is 6.96. The third-order valence-electron chi connectivity index (χ3n) is 5.35. The quantitative estimate of drug-likeness (QED) is 0.742. The summed E-state index contributed by atoms with van der Waals surface area (Å²) >= 11 is 6.09. The van der Waals surface area contributed by atoms with Gasteiger partial charge in [-0.15, -0.1) is 0 Å². The van der Waals surface area contributed by atoms with Crippen molar-refractivity contribution in [2.75, 3.05) is 23.7 Å². The fraction of sp³-hybridized carbons (Fsp3) is 0.300. The SMILES string of the molecule is O=C([C@H](O)c1ccccc1Cl)N1CCC2(CC1)Nc1ccccc1NC2=O. The highest BCUT2D eigenvalue weighted by Gasteiger charge is 2.45. The number of benzene rings is 2. The number of piperidine rings is 1. The van der Waals surface area contributed by atoms with Gasteiger partial charge in [-0.25, -0.2) is 0 Å². The van der Waals surface area contributed by atoms with E-state index in [9.17, 15) is 14.7 Å². The van der Waals surface area contributed by atoms with E-state index in [1.165, 1.54) is 0 Å². The lowest BCUT2D eigenvalue weighted by Gasteiger charge is -2.44. The van der Waals surface area contributed by atoms with E-state index in [4.69, 9.17) is 11.6 Å². The van der Waals surface area contributed by atoms with Gasteiger partial charge in [0.15, 0.2) is 6.10 Å². The van der Waals surface area contributed by atoms with E-state index in [2.05, 4.69) is 10.6 Å². The molecule has 140 valence electrons. The van der Waals surface area contributed by atoms with E-state index in [-0.39, 0.29) is 5.91 Å². The number of hydrogen-bond acceptors (Lipinski definition) is 4. The molecular formula is C20H20ClN3O3. The number of aliphatic hydroxyl groups is 1. The first-order chi connectivity index (χ1) is 13.0. The number of hydrogen-bond donors (Lipinski definition) is 3. The molecule has 1 fully saturated rings. The summed E-state index contributed by atoms with van der Waals surface area (Å²) in [5.41, 5.74) is 1.31. The van der Waals surface area contributed by atoms with E-state index >= 15 is 0 Å². The highest BCUT2D eigenvalue weighted by atomic mass is 35.5. The van der Waals surface area contributed by atoms with Gasteiger partial charge in [-0.3, -0.25) is 9.59 Å². The van der Waals surface area contributed by atoms with E-state index in [0.29, 0.717) is 36.5 Å². The maximum Gasteiger partial charge on any atom is 0.256 e. The van der Waals surface area contributed by atoms with E-state index in [1.807, 2.05) is 24.3 Å². The standard InChI is InChI=1S/C20H20ClN3O3/c21-14-6-2-1-5-13(14)17(25)18(26)24-11-9-20(10-12-24)19(27)22-15-7-3-4-8-16(15)23-20/h1-8,17,23,25H,9-12H2,(H,22,27)/t17-/m1/s1. The normalized spacial score (nSPS) is 19.0. The molecule has 0 unspecified atom stereocenters. The van der Waals surface area contributed by atoms with Crippen molar-refractivity contribution in [3.8, 4) is 0 Å². The molecule has 2 aliphatic rings. The van der Waals surface area contributed by atoms with Crippen molar-refractivity contribution < 1.29 is 14.7 Å². The number of rotatable bonds is 2. The lowest BCUT2D eigenvalue weighted by Crippen LogP contribution is -2.59. The van der Waals surface area contributed by atoms with Crippen molar-refractivity contribution in [1.82, 2.24) is 4.90 Å². The number of para-hydroxylation sites is 2. The molecule has 0 aromatic heterocycles. The Hall–Kier alpha value is -2.57. The number of nitrogens with zero attached hydrogens (tertiary/aromatic N) is 1. The number of halogens is 1. The highest BCUT2D eigenvalue weighted by molar-refractivity contribution is 6.31. The van der Waals surface area contributed by atoms with E-state index in [1.54, 1.807) is 29.2 Å². The minimum absolute atomic E-state index is 0.0834. The monoisotopic (exact) mass is 385 g/mol. The van der Waals surface area contributed by atoms with Gasteiger partial charge in [0.05, 0.1) is 11.4 Å². The lowest BCUT2D eigenvalue weighted by atomic mass is 9.84. The molecule has 0 bridgehead atoms. The van der Waals surface area contributed by atoms with Crippen LogP contribution in [0.1, 0.15) is 24.5 Å². The highest BCUT2D eigenvalue weighted by Crippen LogP contribution is 2.37. The molecule has 1 atom stereocenters. The predicted octanol–water partition coefficient (Wildman–Crippen LogP) is 2.80. The minimum Gasteiger partial charge on any atom is -0.378 e. The molecule has 2 aromatic rings. The van der Waals surface area contributed by atoms with Gasteiger partial charge in [-0.05, 0) is 31.0 Å². The average Bonchev–Trinajstić information content (AvgIpc) is 2.69. The second-order valence-corrected chi connectivity index (χ2v) is 7.36. The fourth-order valence-electron chi connectivity index (χ4n) is 3.72. The lowest BCUT2D eigenvalue weighted by molar-refractivity contribution is -0.143. The summed E-state index contributed by atoms with van der Waals surface area (Å²) in [6.07, 6.45) is -0.371. The Balaban J connectivity index is 1.47. The zero-order chi connectivity index (χ0) is 19.0. The average molecular weight is 386 g/mol. The van der Waals surface area contributed by atoms with Gasteiger partial charge in [0, 0.05) is 23.7 Å². The van der Waals surface area contributed by atoms with Crippen molar-refractivity contribution in [1.29, 1.82) is 0 Å². The molecule has 0 saturated carbocycles. The van der Waals surface area contributed by atoms with Crippen molar-refractivity contribution in [3.63, 3.8) is 0 Å². The Kier molecular flexibility index (Phi) is 4.53. The number of likely N-dealkylation sites (tertiary alicyclic amines) is 1. The number of carbonyl (C=O) groups excluding carboxylic acids is 2.